The zero-order valence-electron chi connectivity index (χ0n) is 8.94. The third-order valence-electron chi connectivity index (χ3n) is 2.47. The minimum Gasteiger partial charge on any atom is -0.478 e. The van der Waals surface area contributed by atoms with Gasteiger partial charge in [0.15, 0.2) is 0 Å². The Bertz CT molecular complexity index is 288. The molecule has 1 aliphatic heterocycles. The van der Waals surface area contributed by atoms with E-state index in [1.165, 1.54) is 0 Å². The average Bonchev–Trinajstić information content (AvgIpc) is 2.39. The van der Waals surface area contributed by atoms with E-state index in [9.17, 15) is 9.00 Å². The highest BCUT2D eigenvalue weighted by Gasteiger charge is 2.12. The summed E-state index contributed by atoms with van der Waals surface area (Å²) in [6, 6.07) is 0. The van der Waals surface area contributed by atoms with E-state index in [1.807, 2.05) is 0 Å². The molecule has 1 N–H and O–H groups in total. The van der Waals surface area contributed by atoms with Gasteiger partial charge >= 0.3 is 5.97 Å². The maximum atomic E-state index is 11.2. The maximum Gasteiger partial charge on any atom is 0.330 e. The van der Waals surface area contributed by atoms with Gasteiger partial charge in [0.1, 0.15) is 0 Å². The Morgan fingerprint density at radius 1 is 1.47 bits per heavy atom. The minimum atomic E-state index is -0.867. The quantitative estimate of drug-likeness (QED) is 0.717. The molecular weight excluding hydrogens is 214 g/mol. The van der Waals surface area contributed by atoms with Crippen molar-refractivity contribution < 1.29 is 14.1 Å². The summed E-state index contributed by atoms with van der Waals surface area (Å²) < 4.78 is 11.2. The van der Waals surface area contributed by atoms with Crippen LogP contribution in [0.5, 0.6) is 0 Å². The first-order chi connectivity index (χ1) is 7.09. The summed E-state index contributed by atoms with van der Waals surface area (Å²) in [5.41, 5.74) is 0.375. The minimum absolute atomic E-state index is 0.375. The smallest absolute Gasteiger partial charge is 0.330 e. The maximum absolute atomic E-state index is 11.2. The van der Waals surface area contributed by atoms with Crippen LogP contribution >= 0.6 is 0 Å². The highest BCUT2D eigenvalue weighted by atomic mass is 32.2. The molecule has 1 atom stereocenters. The third-order valence-corrected chi connectivity index (χ3v) is 3.86. The van der Waals surface area contributed by atoms with E-state index in [1.54, 1.807) is 13.0 Å². The Morgan fingerprint density at radius 2 is 2.20 bits per heavy atom. The Hall–Kier alpha value is -0.680. The van der Waals surface area contributed by atoms with Crippen molar-refractivity contribution in [2.24, 2.45) is 0 Å². The van der Waals surface area contributed by atoms with Crippen LogP contribution in [0.1, 0.15) is 13.3 Å². The first-order valence-electron chi connectivity index (χ1n) is 5.07. The highest BCUT2D eigenvalue weighted by molar-refractivity contribution is 7.85. The first kappa shape index (κ1) is 12.4. The van der Waals surface area contributed by atoms with Crippen molar-refractivity contribution in [1.29, 1.82) is 0 Å². The van der Waals surface area contributed by atoms with Crippen LogP contribution in [0, 0.1) is 0 Å². The van der Waals surface area contributed by atoms with Gasteiger partial charge in [-0.3, -0.25) is 9.11 Å². The summed E-state index contributed by atoms with van der Waals surface area (Å²) in [7, 11) is -0.680. The summed E-state index contributed by atoms with van der Waals surface area (Å²) in [5, 5.41) is 8.67. The highest BCUT2D eigenvalue weighted by Crippen LogP contribution is 2.03. The summed E-state index contributed by atoms with van der Waals surface area (Å²) in [5.74, 6) is 0.617. The molecule has 0 aromatic heterocycles. The largest absolute Gasteiger partial charge is 0.478 e. The predicted octanol–water partition coefficient (Wildman–Crippen LogP) is 0.472. The van der Waals surface area contributed by atoms with Crippen molar-refractivity contribution in [3.05, 3.63) is 11.6 Å². The Labute approximate surface area is 92.4 Å². The molecule has 5 heteroatoms. The summed E-state index contributed by atoms with van der Waals surface area (Å²) in [6.45, 7) is 3.96. The van der Waals surface area contributed by atoms with Crippen molar-refractivity contribution in [3.63, 3.8) is 0 Å². The molecule has 0 saturated carbocycles. The summed E-state index contributed by atoms with van der Waals surface area (Å²) >= 11 is 0. The molecule has 0 aliphatic carbocycles. The van der Waals surface area contributed by atoms with E-state index < -0.39 is 16.8 Å². The molecular formula is C10H17NO3S. The molecule has 0 radical (unpaired) electrons. The van der Waals surface area contributed by atoms with E-state index in [0.29, 0.717) is 17.9 Å². The molecule has 4 nitrogen and oxygen atoms in total. The van der Waals surface area contributed by atoms with Crippen LogP contribution in [0.4, 0.5) is 0 Å². The molecule has 0 amide bonds. The topological polar surface area (TPSA) is 57.6 Å². The zero-order chi connectivity index (χ0) is 11.3. The molecule has 1 heterocycles. The first-order valence-corrected chi connectivity index (χ1v) is 6.56. The molecule has 1 fully saturated rings. The van der Waals surface area contributed by atoms with Gasteiger partial charge in [0.25, 0.3) is 0 Å². The fourth-order valence-electron chi connectivity index (χ4n) is 1.43. The molecule has 1 aliphatic rings. The lowest BCUT2D eigenvalue weighted by Gasteiger charge is -2.16. The molecule has 15 heavy (non-hydrogen) atoms. The van der Waals surface area contributed by atoms with E-state index >= 15 is 0 Å². The van der Waals surface area contributed by atoms with Gasteiger partial charge in [-0.15, -0.1) is 0 Å². The average molecular weight is 231 g/mol. The lowest BCUT2D eigenvalue weighted by atomic mass is 10.2. The normalized spacial score (nSPS) is 24.9. The van der Waals surface area contributed by atoms with Crippen molar-refractivity contribution >= 4 is 16.8 Å². The monoisotopic (exact) mass is 231 g/mol. The molecule has 0 spiro atoms. The number of hydrogen-bond donors (Lipinski definition) is 1. The van der Waals surface area contributed by atoms with E-state index in [-0.39, 0.29) is 0 Å². The van der Waals surface area contributed by atoms with Gasteiger partial charge < -0.3 is 5.11 Å². The number of aliphatic carboxylic acids is 1. The standard InChI is InChI=1S/C10H17NO3S/c1-9(10(12)13)3-5-11-4-2-7-15(14)8-6-11/h3H,2,4-8H2,1H3,(H,12,13)/b9-3+. The second-order valence-electron chi connectivity index (χ2n) is 3.69. The van der Waals surface area contributed by atoms with Crippen LogP contribution in [0.2, 0.25) is 0 Å². The van der Waals surface area contributed by atoms with Crippen molar-refractivity contribution in [3.8, 4) is 0 Å². The fourth-order valence-corrected chi connectivity index (χ4v) is 2.55. The third kappa shape index (κ3) is 4.57. The number of rotatable bonds is 3. The van der Waals surface area contributed by atoms with E-state index in [2.05, 4.69) is 4.90 Å². The van der Waals surface area contributed by atoms with E-state index in [4.69, 9.17) is 5.11 Å². The number of carbonyl (C=O) groups is 1. The van der Waals surface area contributed by atoms with Crippen molar-refractivity contribution in [1.82, 2.24) is 4.90 Å². The Morgan fingerprint density at radius 3 is 2.87 bits per heavy atom. The molecule has 1 unspecified atom stereocenters. The number of carboxylic acid groups (broad SMARTS) is 1. The van der Waals surface area contributed by atoms with Crippen molar-refractivity contribution in [2.45, 2.75) is 13.3 Å². The van der Waals surface area contributed by atoms with Crippen LogP contribution < -0.4 is 0 Å². The molecule has 86 valence electrons. The summed E-state index contributed by atoms with van der Waals surface area (Å²) in [4.78, 5) is 12.7. The van der Waals surface area contributed by atoms with Gasteiger partial charge in [-0.1, -0.05) is 6.08 Å². The lowest BCUT2D eigenvalue weighted by Crippen LogP contribution is -2.27. The lowest BCUT2D eigenvalue weighted by molar-refractivity contribution is -0.132. The number of nitrogens with zero attached hydrogens (tertiary/aromatic N) is 1. The van der Waals surface area contributed by atoms with Gasteiger partial charge in [-0.25, -0.2) is 4.79 Å². The van der Waals surface area contributed by atoms with Crippen LogP contribution in [-0.4, -0.2) is 51.3 Å². The van der Waals surface area contributed by atoms with Gasteiger partial charge in [-0.2, -0.15) is 0 Å². The van der Waals surface area contributed by atoms with E-state index in [0.717, 1.165) is 25.3 Å². The van der Waals surface area contributed by atoms with Crippen molar-refractivity contribution in [2.75, 3.05) is 31.1 Å². The van der Waals surface area contributed by atoms with Gasteiger partial charge in [0.05, 0.1) is 0 Å². The SMILES string of the molecule is C/C(=C\CN1CCCS(=O)CC1)C(=O)O. The molecule has 1 saturated heterocycles. The summed E-state index contributed by atoms with van der Waals surface area (Å²) in [6.07, 6.45) is 2.66. The second-order valence-corrected chi connectivity index (χ2v) is 5.39. The Kier molecular flexibility index (Phi) is 4.98. The molecule has 0 bridgehead atoms. The van der Waals surface area contributed by atoms with Crippen LogP contribution in [0.3, 0.4) is 0 Å². The van der Waals surface area contributed by atoms with Crippen LogP contribution in [0.25, 0.3) is 0 Å². The van der Waals surface area contributed by atoms with Gasteiger partial charge in [0.2, 0.25) is 0 Å². The predicted molar refractivity (Wildman–Crippen MR) is 60.3 cm³/mol. The second kappa shape index (κ2) is 6.02. The number of hydrogen-bond acceptors (Lipinski definition) is 3. The molecule has 1 rings (SSSR count). The van der Waals surface area contributed by atoms with Gasteiger partial charge in [-0.05, 0) is 19.9 Å². The molecule has 0 aromatic rings. The zero-order valence-corrected chi connectivity index (χ0v) is 9.76. The fraction of sp³-hybridized carbons (Fsp3) is 0.700. The Balaban J connectivity index is 2.41. The number of carboxylic acids is 1. The van der Waals surface area contributed by atoms with Crippen LogP contribution in [-0.2, 0) is 15.6 Å². The van der Waals surface area contributed by atoms with Crippen LogP contribution in [0.15, 0.2) is 11.6 Å². The molecule has 0 aromatic carbocycles. The van der Waals surface area contributed by atoms with Gasteiger partial charge in [0, 0.05) is 41.0 Å².